The van der Waals surface area contributed by atoms with Gasteiger partial charge in [-0.25, -0.2) is 0 Å². The molecular formula is C17H21N5O. The Labute approximate surface area is 135 Å². The Morgan fingerprint density at radius 1 is 1.26 bits per heavy atom. The molecule has 2 saturated carbocycles. The van der Waals surface area contributed by atoms with E-state index >= 15 is 0 Å². The number of fused-ring (bicyclic) bond motifs is 2. The van der Waals surface area contributed by atoms with Crippen molar-refractivity contribution < 1.29 is 4.79 Å². The molecule has 6 heteroatoms. The number of hydrogen-bond donors (Lipinski definition) is 1. The molecule has 2 aromatic heterocycles. The lowest BCUT2D eigenvalue weighted by Crippen LogP contribution is -2.21. The Balaban J connectivity index is 1.44. The number of amides is 1. The molecule has 2 aromatic rings. The van der Waals surface area contributed by atoms with Crippen LogP contribution in [0.25, 0.3) is 5.82 Å². The van der Waals surface area contributed by atoms with Crippen LogP contribution in [0.2, 0.25) is 0 Å². The molecule has 2 fully saturated rings. The number of nitrogens with one attached hydrogen (secondary N) is 1. The van der Waals surface area contributed by atoms with Crippen LogP contribution in [0.5, 0.6) is 0 Å². The van der Waals surface area contributed by atoms with Crippen LogP contribution in [0, 0.1) is 24.7 Å². The van der Waals surface area contributed by atoms with Gasteiger partial charge in [-0.2, -0.15) is 14.9 Å². The summed E-state index contributed by atoms with van der Waals surface area (Å²) in [6, 6.07) is 5.52. The summed E-state index contributed by atoms with van der Waals surface area (Å²) in [6.07, 6.45) is 7.50. The van der Waals surface area contributed by atoms with Crippen molar-refractivity contribution in [2.45, 2.75) is 39.0 Å². The number of carbonyl (C=O) groups is 1. The molecule has 0 spiro atoms. The van der Waals surface area contributed by atoms with Gasteiger partial charge in [-0.05, 0) is 56.1 Å². The van der Waals surface area contributed by atoms with Crippen molar-refractivity contribution in [3.05, 3.63) is 30.1 Å². The largest absolute Gasteiger partial charge is 0.311 e. The molecule has 0 aliphatic heterocycles. The van der Waals surface area contributed by atoms with Gasteiger partial charge in [-0.3, -0.25) is 4.79 Å². The molecule has 1 N–H and O–H groups in total. The van der Waals surface area contributed by atoms with Gasteiger partial charge in [0.25, 0.3) is 0 Å². The molecule has 120 valence electrons. The Kier molecular flexibility index (Phi) is 3.59. The average Bonchev–Trinajstić information content (AvgIpc) is 3.25. The monoisotopic (exact) mass is 311 g/mol. The molecule has 2 aliphatic rings. The van der Waals surface area contributed by atoms with Crippen molar-refractivity contribution in [1.82, 2.24) is 20.0 Å². The molecular weight excluding hydrogens is 290 g/mol. The van der Waals surface area contributed by atoms with Crippen LogP contribution in [0.15, 0.2) is 24.4 Å². The second-order valence-corrected chi connectivity index (χ2v) is 6.85. The first kappa shape index (κ1) is 14.4. The highest BCUT2D eigenvalue weighted by Gasteiger charge is 2.40. The van der Waals surface area contributed by atoms with Crippen molar-refractivity contribution in [3.8, 4) is 5.82 Å². The molecule has 0 radical (unpaired) electrons. The smallest absolute Gasteiger partial charge is 0.225 e. The first-order chi connectivity index (χ1) is 11.2. The highest BCUT2D eigenvalue weighted by atomic mass is 16.1. The van der Waals surface area contributed by atoms with Crippen LogP contribution >= 0.6 is 0 Å². The van der Waals surface area contributed by atoms with Crippen molar-refractivity contribution in [2.75, 3.05) is 5.32 Å². The number of hydrogen-bond acceptors (Lipinski definition) is 4. The van der Waals surface area contributed by atoms with Crippen LogP contribution in [-0.2, 0) is 4.79 Å². The number of aromatic nitrogens is 4. The summed E-state index contributed by atoms with van der Waals surface area (Å²) < 4.78 is 1.62. The molecule has 3 atom stereocenters. The van der Waals surface area contributed by atoms with Gasteiger partial charge in [0, 0.05) is 12.5 Å². The number of rotatable bonds is 4. The zero-order chi connectivity index (χ0) is 15.8. The summed E-state index contributed by atoms with van der Waals surface area (Å²) in [5.74, 6) is 3.52. The predicted octanol–water partition coefficient (Wildman–Crippen LogP) is 2.74. The second kappa shape index (κ2) is 5.76. The topological polar surface area (TPSA) is 72.7 Å². The molecule has 23 heavy (non-hydrogen) atoms. The lowest BCUT2D eigenvalue weighted by molar-refractivity contribution is -0.117. The maximum Gasteiger partial charge on any atom is 0.225 e. The standard InChI is InChI=1S/C17H21N5O/c1-11-2-5-16(21-20-11)22-15(6-7-18-22)19-17(23)10-14-9-12-3-4-13(14)8-12/h2,5-7,12-14H,3-4,8-10H2,1H3,(H,19,23). The fourth-order valence-electron chi connectivity index (χ4n) is 4.14. The number of nitrogens with zero attached hydrogens (tertiary/aromatic N) is 4. The van der Waals surface area contributed by atoms with Crippen LogP contribution in [0.3, 0.4) is 0 Å². The maximum atomic E-state index is 12.4. The summed E-state index contributed by atoms with van der Waals surface area (Å²) >= 11 is 0. The third-order valence-electron chi connectivity index (χ3n) is 5.24. The van der Waals surface area contributed by atoms with E-state index in [4.69, 9.17) is 0 Å². The van der Waals surface area contributed by atoms with Gasteiger partial charge < -0.3 is 5.32 Å². The quantitative estimate of drug-likeness (QED) is 0.942. The third-order valence-corrected chi connectivity index (χ3v) is 5.24. The number of aryl methyl sites for hydroxylation is 1. The Morgan fingerprint density at radius 2 is 2.17 bits per heavy atom. The summed E-state index contributed by atoms with van der Waals surface area (Å²) in [5.41, 5.74) is 0.850. The van der Waals surface area contributed by atoms with E-state index in [0.29, 0.717) is 24.0 Å². The van der Waals surface area contributed by atoms with E-state index < -0.39 is 0 Å². The normalized spacial score (nSPS) is 25.7. The fraction of sp³-hybridized carbons (Fsp3) is 0.529. The third kappa shape index (κ3) is 2.85. The van der Waals surface area contributed by atoms with Gasteiger partial charge in [0.15, 0.2) is 5.82 Å². The molecule has 1 amide bonds. The summed E-state index contributed by atoms with van der Waals surface area (Å²) in [7, 11) is 0. The van der Waals surface area contributed by atoms with Gasteiger partial charge in [-0.1, -0.05) is 6.42 Å². The van der Waals surface area contributed by atoms with Gasteiger partial charge in [0.05, 0.1) is 11.9 Å². The van der Waals surface area contributed by atoms with E-state index in [0.717, 1.165) is 17.5 Å². The SMILES string of the molecule is Cc1ccc(-n2nccc2NC(=O)CC2CC3CCC2C3)nn1. The Bertz CT molecular complexity index is 708. The molecule has 0 aromatic carbocycles. The lowest BCUT2D eigenvalue weighted by atomic mass is 9.86. The predicted molar refractivity (Wildman–Crippen MR) is 86.1 cm³/mol. The zero-order valence-corrected chi connectivity index (χ0v) is 13.3. The van der Waals surface area contributed by atoms with Crippen LogP contribution < -0.4 is 5.32 Å². The van der Waals surface area contributed by atoms with E-state index in [9.17, 15) is 4.79 Å². The molecule has 0 saturated heterocycles. The molecule has 6 nitrogen and oxygen atoms in total. The van der Waals surface area contributed by atoms with E-state index in [1.165, 1.54) is 25.7 Å². The van der Waals surface area contributed by atoms with Gasteiger partial charge in [0.1, 0.15) is 5.82 Å². The van der Waals surface area contributed by atoms with Crippen molar-refractivity contribution in [3.63, 3.8) is 0 Å². The zero-order valence-electron chi connectivity index (χ0n) is 13.3. The highest BCUT2D eigenvalue weighted by molar-refractivity contribution is 5.90. The minimum absolute atomic E-state index is 0.0735. The molecule has 3 unspecified atom stereocenters. The van der Waals surface area contributed by atoms with Crippen LogP contribution in [-0.4, -0.2) is 25.9 Å². The van der Waals surface area contributed by atoms with E-state index in [-0.39, 0.29) is 5.91 Å². The van der Waals surface area contributed by atoms with E-state index in [1.807, 2.05) is 19.1 Å². The van der Waals surface area contributed by atoms with E-state index in [1.54, 1.807) is 16.9 Å². The van der Waals surface area contributed by atoms with Crippen molar-refractivity contribution >= 4 is 11.7 Å². The molecule has 4 rings (SSSR count). The van der Waals surface area contributed by atoms with Gasteiger partial charge in [0.2, 0.25) is 5.91 Å². The van der Waals surface area contributed by atoms with Gasteiger partial charge >= 0.3 is 0 Å². The summed E-state index contributed by atoms with van der Waals surface area (Å²) in [6.45, 7) is 1.89. The second-order valence-electron chi connectivity index (χ2n) is 6.85. The number of anilines is 1. The molecule has 2 heterocycles. The first-order valence-corrected chi connectivity index (χ1v) is 8.33. The molecule has 2 bridgehead atoms. The summed E-state index contributed by atoms with van der Waals surface area (Å²) in [5, 5.41) is 15.4. The Morgan fingerprint density at radius 3 is 2.87 bits per heavy atom. The average molecular weight is 311 g/mol. The van der Waals surface area contributed by atoms with E-state index in [2.05, 4.69) is 20.6 Å². The molecule has 2 aliphatic carbocycles. The van der Waals surface area contributed by atoms with Crippen molar-refractivity contribution in [2.24, 2.45) is 17.8 Å². The lowest BCUT2D eigenvalue weighted by Gasteiger charge is -2.20. The minimum atomic E-state index is 0.0735. The van der Waals surface area contributed by atoms with Gasteiger partial charge in [-0.15, -0.1) is 5.10 Å². The highest BCUT2D eigenvalue weighted by Crippen LogP contribution is 2.49. The fourth-order valence-corrected chi connectivity index (χ4v) is 4.14. The van der Waals surface area contributed by atoms with Crippen LogP contribution in [0.1, 0.15) is 37.8 Å². The van der Waals surface area contributed by atoms with Crippen LogP contribution in [0.4, 0.5) is 5.82 Å². The maximum absolute atomic E-state index is 12.4. The van der Waals surface area contributed by atoms with Crippen molar-refractivity contribution in [1.29, 1.82) is 0 Å². The first-order valence-electron chi connectivity index (χ1n) is 8.33. The number of carbonyl (C=O) groups excluding carboxylic acids is 1. The minimum Gasteiger partial charge on any atom is -0.311 e. The Hall–Kier alpha value is -2.24. The summed E-state index contributed by atoms with van der Waals surface area (Å²) in [4.78, 5) is 12.4.